The van der Waals surface area contributed by atoms with Gasteiger partial charge in [0.05, 0.1) is 17.2 Å². The lowest BCUT2D eigenvalue weighted by Gasteiger charge is -2.15. The minimum Gasteiger partial charge on any atom is -0.490 e. The maximum atomic E-state index is 11.2. The zero-order chi connectivity index (χ0) is 22.4. The van der Waals surface area contributed by atoms with Crippen LogP contribution >= 0.6 is 34.8 Å². The number of anilines is 1. The van der Waals surface area contributed by atoms with Crippen LogP contribution in [0.3, 0.4) is 0 Å². The smallest absolute Gasteiger partial charge is 0.337 e. The van der Waals surface area contributed by atoms with Gasteiger partial charge in [0, 0.05) is 27.8 Å². The molecule has 162 valence electrons. The Kier molecular flexibility index (Phi) is 7.91. The van der Waals surface area contributed by atoms with Crippen LogP contribution in [0.15, 0.2) is 54.6 Å². The number of rotatable bonds is 9. The van der Waals surface area contributed by atoms with E-state index in [0.717, 1.165) is 5.56 Å². The molecule has 2 N–H and O–H groups in total. The number of halogens is 3. The van der Waals surface area contributed by atoms with E-state index in [4.69, 9.17) is 44.3 Å². The van der Waals surface area contributed by atoms with Crippen molar-refractivity contribution in [2.75, 3.05) is 11.9 Å². The molecule has 0 aliphatic rings. The Morgan fingerprint density at radius 3 is 2.35 bits per heavy atom. The summed E-state index contributed by atoms with van der Waals surface area (Å²) in [5.41, 5.74) is 2.33. The summed E-state index contributed by atoms with van der Waals surface area (Å²) in [6, 6.07) is 15.7. The van der Waals surface area contributed by atoms with Crippen molar-refractivity contribution in [2.45, 2.75) is 20.1 Å². The molecule has 3 aromatic carbocycles. The fourth-order valence-electron chi connectivity index (χ4n) is 2.87. The summed E-state index contributed by atoms with van der Waals surface area (Å²) in [4.78, 5) is 11.2. The number of hydrogen-bond acceptors (Lipinski definition) is 4. The molecule has 0 fully saturated rings. The minimum atomic E-state index is -1.08. The van der Waals surface area contributed by atoms with Crippen LogP contribution < -0.4 is 14.8 Å². The third kappa shape index (κ3) is 5.97. The molecule has 0 saturated carbocycles. The van der Waals surface area contributed by atoms with Crippen LogP contribution in [0.1, 0.15) is 28.4 Å². The van der Waals surface area contributed by atoms with Crippen molar-refractivity contribution in [3.05, 3.63) is 86.4 Å². The van der Waals surface area contributed by atoms with Gasteiger partial charge in [0.25, 0.3) is 0 Å². The molecule has 5 nitrogen and oxygen atoms in total. The van der Waals surface area contributed by atoms with E-state index >= 15 is 0 Å². The molecule has 31 heavy (non-hydrogen) atoms. The van der Waals surface area contributed by atoms with E-state index in [-0.39, 0.29) is 17.2 Å². The summed E-state index contributed by atoms with van der Waals surface area (Å²) in [7, 11) is 0. The molecule has 0 spiro atoms. The first-order chi connectivity index (χ1) is 14.9. The Bertz CT molecular complexity index is 1070. The first-order valence-corrected chi connectivity index (χ1v) is 10.6. The molecule has 0 unspecified atom stereocenters. The van der Waals surface area contributed by atoms with Gasteiger partial charge in [0.15, 0.2) is 11.5 Å². The van der Waals surface area contributed by atoms with Crippen molar-refractivity contribution >= 4 is 46.5 Å². The van der Waals surface area contributed by atoms with E-state index in [1.54, 1.807) is 30.3 Å². The number of hydrogen-bond donors (Lipinski definition) is 2. The van der Waals surface area contributed by atoms with Crippen molar-refractivity contribution in [2.24, 2.45) is 0 Å². The first-order valence-electron chi connectivity index (χ1n) is 9.47. The van der Waals surface area contributed by atoms with Gasteiger partial charge in [-0.15, -0.1) is 0 Å². The average molecular weight is 481 g/mol. The molecule has 3 rings (SSSR count). The van der Waals surface area contributed by atoms with Gasteiger partial charge >= 0.3 is 5.97 Å². The number of carbonyl (C=O) groups is 1. The fraction of sp³-hybridized carbons (Fsp3) is 0.174. The summed E-state index contributed by atoms with van der Waals surface area (Å²) >= 11 is 18.3. The maximum absolute atomic E-state index is 11.2. The molecule has 0 aliphatic carbocycles. The van der Waals surface area contributed by atoms with E-state index in [9.17, 15) is 9.90 Å². The van der Waals surface area contributed by atoms with Crippen molar-refractivity contribution in [1.29, 1.82) is 0 Å². The fourth-order valence-corrected chi connectivity index (χ4v) is 3.58. The van der Waals surface area contributed by atoms with Crippen LogP contribution in [-0.4, -0.2) is 17.7 Å². The summed E-state index contributed by atoms with van der Waals surface area (Å²) in [6.45, 7) is 3.02. The molecule has 8 heteroatoms. The highest BCUT2D eigenvalue weighted by molar-refractivity contribution is 6.36. The predicted molar refractivity (Wildman–Crippen MR) is 124 cm³/mol. The number of aromatic carboxylic acids is 1. The topological polar surface area (TPSA) is 67.8 Å². The monoisotopic (exact) mass is 479 g/mol. The lowest BCUT2D eigenvalue weighted by atomic mass is 10.1. The van der Waals surface area contributed by atoms with Gasteiger partial charge in [-0.05, 0) is 55.0 Å². The van der Waals surface area contributed by atoms with Gasteiger partial charge < -0.3 is 19.9 Å². The molecule has 3 aromatic rings. The van der Waals surface area contributed by atoms with Crippen LogP contribution in [-0.2, 0) is 13.2 Å². The van der Waals surface area contributed by atoms with Crippen molar-refractivity contribution < 1.29 is 19.4 Å². The van der Waals surface area contributed by atoms with E-state index in [2.05, 4.69) is 5.32 Å². The summed E-state index contributed by atoms with van der Waals surface area (Å²) in [5.74, 6) is 0.0842. The van der Waals surface area contributed by atoms with Crippen LogP contribution in [0.25, 0.3) is 0 Å². The SMILES string of the molecule is CCOc1cc(CNc2ccc(Cl)c(C(=O)O)c2)ccc1OCc1c(Cl)cccc1Cl. The van der Waals surface area contributed by atoms with E-state index in [0.29, 0.717) is 45.9 Å². The number of ether oxygens (including phenoxy) is 2. The second-order valence-corrected chi connectivity index (χ2v) is 7.78. The lowest BCUT2D eigenvalue weighted by Crippen LogP contribution is -2.04. The third-order valence-corrected chi connectivity index (χ3v) is 5.47. The lowest BCUT2D eigenvalue weighted by molar-refractivity contribution is 0.0697. The number of benzene rings is 3. The standard InChI is InChI=1S/C23H20Cl3NO4/c1-2-30-22-10-14(12-27-15-7-8-20(26)16(11-15)23(28)29)6-9-21(22)31-13-17-18(24)4-3-5-19(17)25/h3-11,27H,2,12-13H2,1H3,(H,28,29). The van der Waals surface area contributed by atoms with Gasteiger partial charge in [0.1, 0.15) is 6.61 Å². The first kappa shape index (κ1) is 23.1. The molecule has 0 bridgehead atoms. The second-order valence-electron chi connectivity index (χ2n) is 6.56. The highest BCUT2D eigenvalue weighted by Crippen LogP contribution is 2.32. The molecule has 0 saturated heterocycles. The quantitative estimate of drug-likeness (QED) is 0.347. The molecular weight excluding hydrogens is 461 g/mol. The molecular formula is C23H20Cl3NO4. The Balaban J connectivity index is 1.73. The highest BCUT2D eigenvalue weighted by atomic mass is 35.5. The molecule has 0 aromatic heterocycles. The Hall–Kier alpha value is -2.60. The van der Waals surface area contributed by atoms with Crippen molar-refractivity contribution in [3.8, 4) is 11.5 Å². The van der Waals surface area contributed by atoms with Gasteiger partial charge in [0.2, 0.25) is 0 Å². The van der Waals surface area contributed by atoms with E-state index in [1.165, 1.54) is 6.07 Å². The molecule has 0 aliphatic heterocycles. The molecule has 0 radical (unpaired) electrons. The number of carboxylic acids is 1. The van der Waals surface area contributed by atoms with Crippen LogP contribution in [0.4, 0.5) is 5.69 Å². The molecule has 0 heterocycles. The van der Waals surface area contributed by atoms with E-state index < -0.39 is 5.97 Å². The van der Waals surface area contributed by atoms with Gasteiger partial charge in [-0.25, -0.2) is 4.79 Å². The zero-order valence-corrected chi connectivity index (χ0v) is 18.9. The highest BCUT2D eigenvalue weighted by Gasteiger charge is 2.12. The number of nitrogens with one attached hydrogen (secondary N) is 1. The summed E-state index contributed by atoms with van der Waals surface area (Å²) in [5, 5.41) is 13.7. The van der Waals surface area contributed by atoms with Gasteiger partial charge in [-0.1, -0.05) is 46.9 Å². The van der Waals surface area contributed by atoms with Gasteiger partial charge in [-0.3, -0.25) is 0 Å². The molecule has 0 atom stereocenters. The second kappa shape index (κ2) is 10.6. The summed E-state index contributed by atoms with van der Waals surface area (Å²) < 4.78 is 11.6. The van der Waals surface area contributed by atoms with Crippen molar-refractivity contribution in [3.63, 3.8) is 0 Å². The number of carboxylic acid groups (broad SMARTS) is 1. The van der Waals surface area contributed by atoms with Crippen LogP contribution in [0, 0.1) is 0 Å². The maximum Gasteiger partial charge on any atom is 0.337 e. The van der Waals surface area contributed by atoms with Crippen molar-refractivity contribution in [1.82, 2.24) is 0 Å². The third-order valence-electron chi connectivity index (χ3n) is 4.44. The Morgan fingerprint density at radius 2 is 1.68 bits per heavy atom. The predicted octanol–water partition coefficient (Wildman–Crippen LogP) is 6.93. The average Bonchev–Trinajstić information content (AvgIpc) is 2.74. The Morgan fingerprint density at radius 1 is 0.935 bits per heavy atom. The van der Waals surface area contributed by atoms with Gasteiger partial charge in [-0.2, -0.15) is 0 Å². The zero-order valence-electron chi connectivity index (χ0n) is 16.6. The minimum absolute atomic E-state index is 0.0450. The normalized spacial score (nSPS) is 10.6. The van der Waals surface area contributed by atoms with Crippen LogP contribution in [0.2, 0.25) is 15.1 Å². The van der Waals surface area contributed by atoms with Crippen LogP contribution in [0.5, 0.6) is 11.5 Å². The summed E-state index contributed by atoms with van der Waals surface area (Å²) in [6.07, 6.45) is 0. The Labute approximate surface area is 195 Å². The largest absolute Gasteiger partial charge is 0.490 e. The van der Waals surface area contributed by atoms with E-state index in [1.807, 2.05) is 25.1 Å². The molecule has 0 amide bonds.